The van der Waals surface area contributed by atoms with Crippen molar-refractivity contribution in [2.75, 3.05) is 6.54 Å². The monoisotopic (exact) mass is 264 g/mol. The number of rotatable bonds is 4. The van der Waals surface area contributed by atoms with E-state index in [-0.39, 0.29) is 0 Å². The molecular weight excluding hydrogens is 240 g/mol. The third-order valence-corrected chi connectivity index (χ3v) is 5.70. The quantitative estimate of drug-likeness (QED) is 0.873. The second-order valence-corrected chi connectivity index (χ2v) is 6.81. The third-order valence-electron chi connectivity index (χ3n) is 4.68. The highest BCUT2D eigenvalue weighted by molar-refractivity contribution is 7.10. The van der Waals surface area contributed by atoms with E-state index in [0.29, 0.717) is 0 Å². The molecule has 100 valence electrons. The van der Waals surface area contributed by atoms with Crippen LogP contribution in [-0.2, 0) is 6.54 Å². The molecule has 2 N–H and O–H groups in total. The fourth-order valence-electron chi connectivity index (χ4n) is 3.61. The van der Waals surface area contributed by atoms with Crippen LogP contribution in [0.3, 0.4) is 0 Å². The number of hydrogen-bond acceptors (Lipinski definition) is 3. The van der Waals surface area contributed by atoms with Crippen LogP contribution in [0.1, 0.15) is 42.5 Å². The predicted molar refractivity (Wildman–Crippen MR) is 78.0 cm³/mol. The van der Waals surface area contributed by atoms with E-state index in [1.165, 1.54) is 49.1 Å². The largest absolute Gasteiger partial charge is 0.314 e. The van der Waals surface area contributed by atoms with Crippen LogP contribution in [0, 0.1) is 12.8 Å². The zero-order chi connectivity index (χ0) is 12.4. The van der Waals surface area contributed by atoms with E-state index >= 15 is 0 Å². The summed E-state index contributed by atoms with van der Waals surface area (Å²) in [7, 11) is 0. The van der Waals surface area contributed by atoms with Gasteiger partial charge in [-0.05, 0) is 62.1 Å². The van der Waals surface area contributed by atoms with Crippen molar-refractivity contribution in [1.82, 2.24) is 10.6 Å². The molecular formula is C15H24N2S. The van der Waals surface area contributed by atoms with E-state index in [1.807, 2.05) is 11.3 Å². The minimum absolute atomic E-state index is 0.738. The van der Waals surface area contributed by atoms with Crippen molar-refractivity contribution in [3.05, 3.63) is 21.9 Å². The summed E-state index contributed by atoms with van der Waals surface area (Å²) in [4.78, 5) is 1.51. The van der Waals surface area contributed by atoms with E-state index in [4.69, 9.17) is 0 Å². The summed E-state index contributed by atoms with van der Waals surface area (Å²) in [6.45, 7) is 4.52. The Morgan fingerprint density at radius 1 is 1.33 bits per heavy atom. The van der Waals surface area contributed by atoms with Gasteiger partial charge in [-0.1, -0.05) is 6.42 Å². The van der Waals surface area contributed by atoms with E-state index in [1.54, 1.807) is 0 Å². The highest BCUT2D eigenvalue weighted by atomic mass is 32.1. The van der Waals surface area contributed by atoms with Gasteiger partial charge in [0, 0.05) is 23.5 Å². The topological polar surface area (TPSA) is 24.1 Å². The highest BCUT2D eigenvalue weighted by Crippen LogP contribution is 2.32. The maximum atomic E-state index is 3.82. The second kappa shape index (κ2) is 5.72. The molecule has 18 heavy (non-hydrogen) atoms. The Bertz CT molecular complexity index is 382. The molecule has 0 spiro atoms. The smallest absolute Gasteiger partial charge is 0.0305 e. The van der Waals surface area contributed by atoms with Crippen LogP contribution in [0.5, 0.6) is 0 Å². The molecule has 1 aromatic rings. The Kier molecular flexibility index (Phi) is 4.02. The number of hydrogen-bond donors (Lipinski definition) is 2. The first-order valence-electron chi connectivity index (χ1n) is 7.34. The van der Waals surface area contributed by atoms with E-state index in [0.717, 1.165) is 24.5 Å². The van der Waals surface area contributed by atoms with E-state index < -0.39 is 0 Å². The molecule has 1 aliphatic heterocycles. The molecule has 0 amide bonds. The molecule has 2 fully saturated rings. The maximum Gasteiger partial charge on any atom is 0.0305 e. The molecule has 0 radical (unpaired) electrons. The lowest BCUT2D eigenvalue weighted by Crippen LogP contribution is -2.41. The molecule has 3 atom stereocenters. The Labute approximate surface area is 114 Å². The van der Waals surface area contributed by atoms with Crippen molar-refractivity contribution < 1.29 is 0 Å². The Balaban J connectivity index is 1.56. The van der Waals surface area contributed by atoms with Crippen LogP contribution in [0.15, 0.2) is 11.4 Å². The average molecular weight is 264 g/mol. The first-order chi connectivity index (χ1) is 8.84. The van der Waals surface area contributed by atoms with Crippen LogP contribution < -0.4 is 10.6 Å². The molecule has 1 saturated heterocycles. The van der Waals surface area contributed by atoms with Gasteiger partial charge < -0.3 is 10.6 Å². The van der Waals surface area contributed by atoms with Gasteiger partial charge in [0.05, 0.1) is 0 Å². The molecule has 1 aliphatic carbocycles. The first-order valence-corrected chi connectivity index (χ1v) is 8.22. The summed E-state index contributed by atoms with van der Waals surface area (Å²) >= 11 is 1.89. The summed E-state index contributed by atoms with van der Waals surface area (Å²) < 4.78 is 0. The number of aryl methyl sites for hydroxylation is 1. The highest BCUT2D eigenvalue weighted by Gasteiger charge is 2.34. The second-order valence-electron chi connectivity index (χ2n) is 5.81. The van der Waals surface area contributed by atoms with Crippen molar-refractivity contribution >= 4 is 11.3 Å². The summed E-state index contributed by atoms with van der Waals surface area (Å²) in [6.07, 6.45) is 6.95. The number of nitrogens with one attached hydrogen (secondary N) is 2. The van der Waals surface area contributed by atoms with Crippen LogP contribution in [-0.4, -0.2) is 18.6 Å². The lowest BCUT2D eigenvalue weighted by molar-refractivity contribution is 0.320. The fourth-order valence-corrected chi connectivity index (χ4v) is 4.47. The van der Waals surface area contributed by atoms with Crippen molar-refractivity contribution in [3.63, 3.8) is 0 Å². The third kappa shape index (κ3) is 2.63. The van der Waals surface area contributed by atoms with Crippen molar-refractivity contribution in [3.8, 4) is 0 Å². The van der Waals surface area contributed by atoms with Crippen LogP contribution in [0.4, 0.5) is 0 Å². The minimum Gasteiger partial charge on any atom is -0.314 e. The minimum atomic E-state index is 0.738. The average Bonchev–Trinajstić information content (AvgIpc) is 3.07. The summed E-state index contributed by atoms with van der Waals surface area (Å²) in [5.41, 5.74) is 1.45. The summed E-state index contributed by atoms with van der Waals surface area (Å²) in [5.74, 6) is 0.868. The van der Waals surface area contributed by atoms with Gasteiger partial charge in [0.2, 0.25) is 0 Å². The molecule has 3 heteroatoms. The van der Waals surface area contributed by atoms with E-state index in [9.17, 15) is 0 Å². The molecule has 0 bridgehead atoms. The lowest BCUT2D eigenvalue weighted by Gasteiger charge is -2.26. The molecule has 1 aromatic heterocycles. The molecule has 2 aliphatic rings. The standard InChI is InChI=1S/C15H24N2S/c1-11-7-9-18-15(11)10-17-14-5-2-4-12(14)13-6-3-8-16-13/h7,9,12-14,16-17H,2-6,8,10H2,1H3. The molecule has 2 nitrogen and oxygen atoms in total. The van der Waals surface area contributed by atoms with Gasteiger partial charge >= 0.3 is 0 Å². The van der Waals surface area contributed by atoms with Gasteiger partial charge in [0.15, 0.2) is 0 Å². The predicted octanol–water partition coefficient (Wildman–Crippen LogP) is 3.07. The Hall–Kier alpha value is -0.380. The van der Waals surface area contributed by atoms with E-state index in [2.05, 4.69) is 29.0 Å². The van der Waals surface area contributed by atoms with Crippen molar-refractivity contribution in [1.29, 1.82) is 0 Å². The Morgan fingerprint density at radius 3 is 3.00 bits per heavy atom. The summed E-state index contributed by atoms with van der Waals surface area (Å²) in [5, 5.41) is 9.72. The molecule has 2 heterocycles. The van der Waals surface area contributed by atoms with Gasteiger partial charge in [-0.25, -0.2) is 0 Å². The SMILES string of the molecule is Cc1ccsc1CNC1CCCC1C1CCCN1. The van der Waals surface area contributed by atoms with Gasteiger partial charge in [-0.15, -0.1) is 11.3 Å². The zero-order valence-electron chi connectivity index (χ0n) is 11.2. The van der Waals surface area contributed by atoms with Crippen LogP contribution in [0.25, 0.3) is 0 Å². The molecule has 0 aromatic carbocycles. The normalized spacial score (nSPS) is 32.2. The summed E-state index contributed by atoms with van der Waals surface area (Å²) in [6, 6.07) is 3.75. The van der Waals surface area contributed by atoms with Crippen molar-refractivity contribution in [2.24, 2.45) is 5.92 Å². The van der Waals surface area contributed by atoms with Gasteiger partial charge in [0.1, 0.15) is 0 Å². The van der Waals surface area contributed by atoms with Gasteiger partial charge in [0.25, 0.3) is 0 Å². The lowest BCUT2D eigenvalue weighted by atomic mass is 9.93. The fraction of sp³-hybridized carbons (Fsp3) is 0.733. The number of thiophene rings is 1. The van der Waals surface area contributed by atoms with Crippen LogP contribution >= 0.6 is 11.3 Å². The van der Waals surface area contributed by atoms with Crippen LogP contribution in [0.2, 0.25) is 0 Å². The molecule has 3 unspecified atom stereocenters. The zero-order valence-corrected chi connectivity index (χ0v) is 12.1. The maximum absolute atomic E-state index is 3.82. The van der Waals surface area contributed by atoms with Gasteiger partial charge in [-0.2, -0.15) is 0 Å². The van der Waals surface area contributed by atoms with Gasteiger partial charge in [-0.3, -0.25) is 0 Å². The first kappa shape index (κ1) is 12.6. The molecule has 1 saturated carbocycles. The molecule has 3 rings (SSSR count). The van der Waals surface area contributed by atoms with Crippen molar-refractivity contribution in [2.45, 2.75) is 57.7 Å². The Morgan fingerprint density at radius 2 is 2.28 bits per heavy atom.